The number of cyclic esters (lactones) is 1. The molecule has 4 N–H and O–H groups in total. The number of carbonyl (C=O) groups is 3. The molecule has 19 rings (SSSR count). The summed E-state index contributed by atoms with van der Waals surface area (Å²) < 4.78 is 37.4. The van der Waals surface area contributed by atoms with Gasteiger partial charge in [0, 0.05) is 41.3 Å². The smallest absolute Gasteiger partial charge is 0.339 e. The normalized spacial score (nSPS) is 54.4. The van der Waals surface area contributed by atoms with E-state index in [1.165, 1.54) is 11.1 Å². The van der Waals surface area contributed by atoms with Crippen LogP contribution in [-0.2, 0) is 51.8 Å². The average Bonchev–Trinajstić information content (AvgIpc) is 1.39. The minimum absolute atomic E-state index is 0.0186. The van der Waals surface area contributed by atoms with Crippen LogP contribution >= 0.6 is 0 Å². The second-order valence-corrected chi connectivity index (χ2v) is 31.7. The lowest BCUT2D eigenvalue weighted by Gasteiger charge is -2.74. The van der Waals surface area contributed by atoms with Crippen LogP contribution in [0.5, 0.6) is 0 Å². The van der Waals surface area contributed by atoms with Crippen molar-refractivity contribution in [2.75, 3.05) is 26.4 Å². The van der Waals surface area contributed by atoms with Gasteiger partial charge in [0.05, 0.1) is 54.9 Å². The molecule has 1 aromatic heterocycles. The van der Waals surface area contributed by atoms with Gasteiger partial charge < -0.3 is 43.6 Å². The van der Waals surface area contributed by atoms with Gasteiger partial charge in [0.2, 0.25) is 0 Å². The fraction of sp³-hybridized carbons (Fsp3) is 0.732. The lowest BCUT2D eigenvalue weighted by atomic mass is 9.28. The third-order valence-electron chi connectivity index (χ3n) is 30.0. The van der Waals surface area contributed by atoms with Crippen LogP contribution in [0.25, 0.3) is 0 Å². The van der Waals surface area contributed by atoms with Crippen molar-refractivity contribution in [3.05, 3.63) is 83.5 Å². The summed E-state index contributed by atoms with van der Waals surface area (Å²) >= 11 is 0. The molecule has 13 nitrogen and oxygen atoms in total. The first-order valence-electron chi connectivity index (χ1n) is 33.4. The van der Waals surface area contributed by atoms with Crippen LogP contribution < -0.4 is 5.32 Å². The van der Waals surface area contributed by atoms with Crippen molar-refractivity contribution in [3.63, 3.8) is 0 Å². The summed E-state index contributed by atoms with van der Waals surface area (Å²) in [5.41, 5.74) is -6.11. The second-order valence-electron chi connectivity index (χ2n) is 31.7. The first-order chi connectivity index (χ1) is 40.7. The quantitative estimate of drug-likeness (QED) is 0.0858. The fourth-order valence-electron chi connectivity index (χ4n) is 28.1. The van der Waals surface area contributed by atoms with Crippen LogP contribution in [0.4, 0.5) is 0 Å². The Morgan fingerprint density at radius 2 is 1.79 bits per heavy atom. The van der Waals surface area contributed by atoms with Crippen molar-refractivity contribution >= 4 is 17.7 Å². The molecule has 444 valence electrons. The van der Waals surface area contributed by atoms with E-state index in [-0.39, 0.29) is 77.5 Å². The molecule has 8 heterocycles. The SMILES string of the molecule is CC12CC=C3CC4CCC56CCCC5CCC5C7CC8(C)C9(c%10ccoc%10CC(C(O)CO)C%10CCC%11C(C=CN%12CNCC%11%12)C%10)CC#CC%10CCC(Cc%11ccccc%11)CC%10C%10(C(O)C(=O)C1C1(COC(=O)C(C31O2)C456)C7%10)C81OC1C(=O)O9. The number of aliphatic hydroxyl groups is 3. The lowest BCUT2D eigenvalue weighted by molar-refractivity contribution is -0.317. The van der Waals surface area contributed by atoms with Gasteiger partial charge in [-0.2, -0.15) is 0 Å². The second kappa shape index (κ2) is 16.7. The molecule has 27 unspecified atom stereocenters. The van der Waals surface area contributed by atoms with Crippen molar-refractivity contribution in [1.82, 2.24) is 10.2 Å². The molecule has 1 aromatic carbocycles. The molecule has 27 atom stereocenters. The van der Waals surface area contributed by atoms with Crippen molar-refractivity contribution in [2.24, 2.45) is 110 Å². The molecule has 0 radical (unpaired) electrons. The molecular formula is C71H84N2O11. The predicted molar refractivity (Wildman–Crippen MR) is 304 cm³/mol. The maximum atomic E-state index is 17.2. The van der Waals surface area contributed by atoms with Gasteiger partial charge in [-0.05, 0) is 209 Å². The van der Waals surface area contributed by atoms with E-state index in [0.29, 0.717) is 55.2 Å². The summed E-state index contributed by atoms with van der Waals surface area (Å²) in [6.07, 6.45) is 21.1. The molecule has 84 heavy (non-hydrogen) atoms. The Labute approximate surface area is 493 Å². The highest BCUT2D eigenvalue weighted by atomic mass is 16.7. The van der Waals surface area contributed by atoms with Gasteiger partial charge in [0.1, 0.15) is 29.7 Å². The predicted octanol–water partition coefficient (Wildman–Crippen LogP) is 8.37. The van der Waals surface area contributed by atoms with Crippen molar-refractivity contribution < 1.29 is 53.1 Å². The Kier molecular flexibility index (Phi) is 10.3. The van der Waals surface area contributed by atoms with Crippen LogP contribution in [0, 0.1) is 122 Å². The first-order valence-corrected chi connectivity index (χ1v) is 33.4. The molecular weight excluding hydrogens is 1060 g/mol. The van der Waals surface area contributed by atoms with E-state index in [0.717, 1.165) is 109 Å². The number of benzene rings is 1. The Morgan fingerprint density at radius 3 is 2.65 bits per heavy atom. The zero-order valence-electron chi connectivity index (χ0n) is 49.0. The summed E-state index contributed by atoms with van der Waals surface area (Å²) in [6.45, 7) is 5.92. The van der Waals surface area contributed by atoms with Crippen LogP contribution in [0.2, 0.25) is 0 Å². The number of ketones is 1. The molecule has 10 aliphatic carbocycles. The van der Waals surface area contributed by atoms with E-state index in [1.54, 1.807) is 6.26 Å². The van der Waals surface area contributed by atoms with Crippen molar-refractivity contribution in [3.8, 4) is 11.8 Å². The third kappa shape index (κ3) is 5.45. The largest absolute Gasteiger partial charge is 0.469 e. The van der Waals surface area contributed by atoms with Gasteiger partial charge in [-0.15, -0.1) is 0 Å². The standard InChI is InChI=1S/C71H84N2O11/c1-63-24-18-45-31-44-19-25-65-22-7-11-43(65)15-17-49-48-33-64(2)67(50-21-27-80-54(50)32-47(53(75)35-74)41-14-16-46-42(30-41)20-26-73-37-72-34-52(46)73)23-6-10-40-13-12-39(28-38-8-4-3-5-9-38)29-51(40)69(71(64)60(82-71)62(79)83-67)56(48)66(57(63)55(76)59(69)77)36-81-61(78)58(68(44,49)65)70(45,66)84-63/h3-5,8-9,18,20-21,26-27,39-44,46-49,51-53,56-60,72,74-75,77H,7,11-17,19,22-25,28-37H2,1-2H3. The van der Waals surface area contributed by atoms with Gasteiger partial charge >= 0.3 is 11.9 Å². The van der Waals surface area contributed by atoms with Crippen LogP contribution in [0.1, 0.15) is 140 Å². The number of ether oxygens (including phenoxy) is 4. The molecule has 17 aliphatic rings. The molecule has 2 aromatic rings. The number of nitrogens with one attached hydrogen (secondary N) is 1. The number of allylic oxidation sites excluding steroid dienone is 1. The maximum Gasteiger partial charge on any atom is 0.339 e. The number of carbonyl (C=O) groups excluding carboxylic acids is 3. The summed E-state index contributed by atoms with van der Waals surface area (Å²) in [5, 5.41) is 41.6. The number of furan rings is 1. The lowest BCUT2D eigenvalue weighted by Crippen LogP contribution is -2.84. The van der Waals surface area contributed by atoms with E-state index in [2.05, 4.69) is 84.6 Å². The van der Waals surface area contributed by atoms with Gasteiger partial charge in [0.25, 0.3) is 0 Å². The monoisotopic (exact) mass is 1140 g/mol. The van der Waals surface area contributed by atoms with Crippen LogP contribution in [0.15, 0.2) is 71.0 Å². The number of rotatable bonds is 8. The van der Waals surface area contributed by atoms with Crippen molar-refractivity contribution in [2.45, 2.75) is 183 Å². The molecule has 14 fully saturated rings. The van der Waals surface area contributed by atoms with E-state index >= 15 is 14.4 Å². The molecule has 9 saturated carbocycles. The Bertz CT molecular complexity index is 3350. The van der Waals surface area contributed by atoms with Gasteiger partial charge in [0.15, 0.2) is 17.5 Å². The third-order valence-corrected chi connectivity index (χ3v) is 30.0. The van der Waals surface area contributed by atoms with E-state index < -0.39 is 92.7 Å². The molecule has 9 bridgehead atoms. The topological polar surface area (TPSA) is 181 Å². The minimum atomic E-state index is -1.55. The van der Waals surface area contributed by atoms with Crippen LogP contribution in [-0.4, -0.2) is 106 Å². The average molecular weight is 1140 g/mol. The summed E-state index contributed by atoms with van der Waals surface area (Å²) in [6, 6.07) is 13.2. The minimum Gasteiger partial charge on any atom is -0.469 e. The Hall–Kier alpha value is -4.29. The Morgan fingerprint density at radius 1 is 0.905 bits per heavy atom. The van der Waals surface area contributed by atoms with Gasteiger partial charge in [-0.3, -0.25) is 14.9 Å². The number of epoxide rings is 1. The Balaban J connectivity index is 0.856. The number of esters is 2. The number of Topliss-reactive ketones (excluding diaryl/α,β-unsaturated/α-hetero) is 1. The molecule has 5 saturated heterocycles. The molecule has 7 aliphatic heterocycles. The maximum absolute atomic E-state index is 17.2. The number of hydrogen-bond donors (Lipinski definition) is 4. The van der Waals surface area contributed by atoms with E-state index in [4.69, 9.17) is 23.4 Å². The van der Waals surface area contributed by atoms with E-state index in [1.807, 2.05) is 6.07 Å². The highest BCUT2D eigenvalue weighted by Gasteiger charge is 3.01. The summed E-state index contributed by atoms with van der Waals surface area (Å²) in [4.78, 5) is 52.0. The zero-order valence-corrected chi connectivity index (χ0v) is 49.0. The zero-order chi connectivity index (χ0) is 56.5. The van der Waals surface area contributed by atoms with Crippen LogP contribution in [0.3, 0.4) is 0 Å². The molecule has 13 heteroatoms. The number of fused-ring (bicyclic) bond motifs is 7. The van der Waals surface area contributed by atoms with E-state index in [9.17, 15) is 15.3 Å². The molecule has 0 amide bonds. The van der Waals surface area contributed by atoms with Crippen molar-refractivity contribution in [1.29, 1.82) is 0 Å². The molecule has 6 spiro atoms. The highest BCUT2D eigenvalue weighted by molar-refractivity contribution is 5.94. The number of hydrogen-bond acceptors (Lipinski definition) is 13. The fourth-order valence-corrected chi connectivity index (χ4v) is 28.1. The number of aliphatic hydroxyl groups excluding tert-OH is 3. The summed E-state index contributed by atoms with van der Waals surface area (Å²) in [5.74, 6) is 6.41. The highest BCUT2D eigenvalue weighted by Crippen LogP contribution is 2.94. The summed E-state index contributed by atoms with van der Waals surface area (Å²) in [7, 11) is 0. The first kappa shape index (κ1) is 51.7. The van der Waals surface area contributed by atoms with Gasteiger partial charge in [-0.1, -0.05) is 67.7 Å². The number of nitrogens with zero attached hydrogens (tertiary/aromatic N) is 1. The van der Waals surface area contributed by atoms with Gasteiger partial charge in [-0.25, -0.2) is 4.79 Å².